The van der Waals surface area contributed by atoms with Crippen LogP contribution in [0.4, 0.5) is 5.69 Å². The van der Waals surface area contributed by atoms with Gasteiger partial charge in [0, 0.05) is 24.3 Å². The number of rotatable bonds is 2. The first-order valence-corrected chi connectivity index (χ1v) is 7.28. The highest BCUT2D eigenvalue weighted by Gasteiger charge is 2.22. The van der Waals surface area contributed by atoms with E-state index in [9.17, 15) is 4.79 Å². The molecule has 1 fully saturated rings. The fourth-order valence-corrected chi connectivity index (χ4v) is 2.24. The maximum Gasteiger partial charge on any atom is 0.248 e. The molecule has 1 aliphatic rings. The van der Waals surface area contributed by atoms with Crippen LogP contribution in [0.1, 0.15) is 44.5 Å². The number of ether oxygens (including phenoxy) is 1. The molecule has 0 bridgehead atoms. The molecule has 1 amide bonds. The number of carbonyl (C=O) groups is 1. The summed E-state index contributed by atoms with van der Waals surface area (Å²) in [7, 11) is 0. The lowest BCUT2D eigenvalue weighted by Crippen LogP contribution is -2.45. The molecule has 1 aromatic carbocycles. The van der Waals surface area contributed by atoms with Gasteiger partial charge in [-0.1, -0.05) is 26.3 Å². The van der Waals surface area contributed by atoms with Crippen molar-refractivity contribution in [3.8, 4) is 0 Å². The number of nitrogens with zero attached hydrogens (tertiary/aromatic N) is 1. The second-order valence-electron chi connectivity index (χ2n) is 5.28. The fraction of sp³-hybridized carbons (Fsp3) is 0.562. The normalized spacial score (nSPS) is 21.9. The predicted molar refractivity (Wildman–Crippen MR) is 83.1 cm³/mol. The number of primary amides is 1. The first-order valence-electron chi connectivity index (χ1n) is 7.28. The van der Waals surface area contributed by atoms with Crippen molar-refractivity contribution in [1.29, 1.82) is 0 Å². The van der Waals surface area contributed by atoms with E-state index in [4.69, 9.17) is 10.5 Å². The minimum Gasteiger partial charge on any atom is -0.372 e. The first-order chi connectivity index (χ1) is 9.47. The van der Waals surface area contributed by atoms with Gasteiger partial charge in [0.2, 0.25) is 5.91 Å². The zero-order valence-electron chi connectivity index (χ0n) is 12.9. The highest BCUT2D eigenvalue weighted by atomic mass is 16.5. The third kappa shape index (κ3) is 4.85. The van der Waals surface area contributed by atoms with Gasteiger partial charge in [0.05, 0.1) is 12.2 Å². The minimum absolute atomic E-state index is 0.205. The molecule has 0 aliphatic carbocycles. The van der Waals surface area contributed by atoms with Gasteiger partial charge < -0.3 is 15.4 Å². The van der Waals surface area contributed by atoms with E-state index in [-0.39, 0.29) is 18.1 Å². The van der Waals surface area contributed by atoms with Crippen LogP contribution in [0.25, 0.3) is 0 Å². The van der Waals surface area contributed by atoms with Gasteiger partial charge >= 0.3 is 0 Å². The molecule has 20 heavy (non-hydrogen) atoms. The van der Waals surface area contributed by atoms with E-state index in [1.54, 1.807) is 6.07 Å². The smallest absolute Gasteiger partial charge is 0.248 e. The van der Waals surface area contributed by atoms with Crippen molar-refractivity contribution < 1.29 is 9.53 Å². The molecule has 1 aliphatic heterocycles. The molecule has 1 saturated heterocycles. The first kappa shape index (κ1) is 16.5. The van der Waals surface area contributed by atoms with E-state index in [0.29, 0.717) is 5.56 Å². The number of amides is 1. The maximum atomic E-state index is 11.1. The summed E-state index contributed by atoms with van der Waals surface area (Å²) in [4.78, 5) is 13.4. The molecule has 2 atom stereocenters. The quantitative estimate of drug-likeness (QED) is 0.905. The molecular formula is C16H26N2O2. The number of anilines is 1. The highest BCUT2D eigenvalue weighted by Crippen LogP contribution is 2.21. The summed E-state index contributed by atoms with van der Waals surface area (Å²) in [5.74, 6) is -0.388. The van der Waals surface area contributed by atoms with Crippen LogP contribution in [0.3, 0.4) is 0 Å². The molecule has 0 radical (unpaired) electrons. The Morgan fingerprint density at radius 2 is 1.85 bits per heavy atom. The Balaban J connectivity index is 0.000000612. The average molecular weight is 278 g/mol. The van der Waals surface area contributed by atoms with Crippen LogP contribution in [-0.4, -0.2) is 31.2 Å². The van der Waals surface area contributed by atoms with Gasteiger partial charge in [0.25, 0.3) is 0 Å². The van der Waals surface area contributed by atoms with E-state index in [0.717, 1.165) is 18.8 Å². The van der Waals surface area contributed by atoms with Crippen LogP contribution in [0.15, 0.2) is 24.3 Å². The number of nitrogens with two attached hydrogens (primary N) is 1. The molecule has 2 unspecified atom stereocenters. The molecule has 0 saturated carbocycles. The molecule has 2 rings (SSSR count). The lowest BCUT2D eigenvalue weighted by Gasteiger charge is -2.37. The Labute approximate surface area is 121 Å². The standard InChI is InChI=1S/C13H18N2O2.C3H8/c1-9-7-15(8-10(2)17-9)12-5-3-4-11(6-12)13(14)16;1-3-2/h3-6,9-10H,7-8H2,1-2H3,(H2,14,16);3H2,1-2H3. The van der Waals surface area contributed by atoms with Crippen molar-refractivity contribution in [2.24, 2.45) is 5.73 Å². The molecular weight excluding hydrogens is 252 g/mol. The third-order valence-corrected chi connectivity index (χ3v) is 2.92. The Hall–Kier alpha value is -1.55. The highest BCUT2D eigenvalue weighted by molar-refractivity contribution is 5.93. The molecule has 1 aromatic rings. The Bertz CT molecular complexity index is 424. The fourth-order valence-electron chi connectivity index (χ4n) is 2.24. The lowest BCUT2D eigenvalue weighted by molar-refractivity contribution is -0.00521. The largest absolute Gasteiger partial charge is 0.372 e. The minimum atomic E-state index is -0.388. The van der Waals surface area contributed by atoms with Gasteiger partial charge in [-0.15, -0.1) is 0 Å². The zero-order chi connectivity index (χ0) is 15.1. The van der Waals surface area contributed by atoms with Gasteiger partial charge in [0.15, 0.2) is 0 Å². The number of carbonyl (C=O) groups excluding carboxylic acids is 1. The number of hydrogen-bond acceptors (Lipinski definition) is 3. The van der Waals surface area contributed by atoms with Crippen LogP contribution in [0.2, 0.25) is 0 Å². The van der Waals surface area contributed by atoms with Crippen molar-refractivity contribution in [3.63, 3.8) is 0 Å². The lowest BCUT2D eigenvalue weighted by atomic mass is 10.1. The van der Waals surface area contributed by atoms with Gasteiger partial charge in [-0.3, -0.25) is 4.79 Å². The van der Waals surface area contributed by atoms with E-state index in [1.807, 2.05) is 18.2 Å². The molecule has 1 heterocycles. The molecule has 0 spiro atoms. The van der Waals surface area contributed by atoms with Crippen LogP contribution in [0.5, 0.6) is 0 Å². The predicted octanol–water partition coefficient (Wildman–Crippen LogP) is 2.82. The summed E-state index contributed by atoms with van der Waals surface area (Å²) in [5.41, 5.74) is 6.87. The SMILES string of the molecule is CC1CN(c2cccc(C(N)=O)c2)CC(C)O1.CCC. The molecule has 2 N–H and O–H groups in total. The second-order valence-corrected chi connectivity index (χ2v) is 5.28. The molecule has 112 valence electrons. The van der Waals surface area contributed by atoms with Crippen molar-refractivity contribution in [1.82, 2.24) is 0 Å². The number of hydrogen-bond donors (Lipinski definition) is 1. The Morgan fingerprint density at radius 3 is 2.35 bits per heavy atom. The van der Waals surface area contributed by atoms with Gasteiger partial charge in [-0.05, 0) is 32.0 Å². The van der Waals surface area contributed by atoms with Crippen LogP contribution in [-0.2, 0) is 4.74 Å². The number of morpholine rings is 1. The third-order valence-electron chi connectivity index (χ3n) is 2.92. The van der Waals surface area contributed by atoms with E-state index >= 15 is 0 Å². The van der Waals surface area contributed by atoms with Crippen molar-refractivity contribution in [2.75, 3.05) is 18.0 Å². The Morgan fingerprint density at radius 1 is 1.30 bits per heavy atom. The van der Waals surface area contributed by atoms with Crippen molar-refractivity contribution in [2.45, 2.75) is 46.3 Å². The van der Waals surface area contributed by atoms with E-state index < -0.39 is 0 Å². The average Bonchev–Trinajstić information content (AvgIpc) is 2.38. The van der Waals surface area contributed by atoms with Crippen LogP contribution < -0.4 is 10.6 Å². The van der Waals surface area contributed by atoms with Crippen molar-refractivity contribution in [3.05, 3.63) is 29.8 Å². The Kier molecular flexibility index (Phi) is 6.52. The summed E-state index contributed by atoms with van der Waals surface area (Å²) in [6.45, 7) is 10.0. The summed E-state index contributed by atoms with van der Waals surface area (Å²) < 4.78 is 5.68. The topological polar surface area (TPSA) is 55.6 Å². The summed E-state index contributed by atoms with van der Waals surface area (Å²) in [6, 6.07) is 7.43. The molecule has 4 heteroatoms. The van der Waals surface area contributed by atoms with Crippen LogP contribution in [0, 0.1) is 0 Å². The second kappa shape index (κ2) is 7.90. The van der Waals surface area contributed by atoms with Gasteiger partial charge in [0.1, 0.15) is 0 Å². The van der Waals surface area contributed by atoms with Gasteiger partial charge in [-0.25, -0.2) is 0 Å². The molecule has 0 aromatic heterocycles. The molecule has 4 nitrogen and oxygen atoms in total. The number of benzene rings is 1. The van der Waals surface area contributed by atoms with E-state index in [2.05, 4.69) is 32.6 Å². The van der Waals surface area contributed by atoms with Crippen molar-refractivity contribution >= 4 is 11.6 Å². The van der Waals surface area contributed by atoms with Gasteiger partial charge in [-0.2, -0.15) is 0 Å². The maximum absolute atomic E-state index is 11.1. The van der Waals surface area contributed by atoms with Crippen LogP contribution >= 0.6 is 0 Å². The summed E-state index contributed by atoms with van der Waals surface area (Å²) in [6.07, 6.45) is 1.66. The van der Waals surface area contributed by atoms with E-state index in [1.165, 1.54) is 6.42 Å². The summed E-state index contributed by atoms with van der Waals surface area (Å²) in [5, 5.41) is 0. The monoisotopic (exact) mass is 278 g/mol. The summed E-state index contributed by atoms with van der Waals surface area (Å²) >= 11 is 0. The zero-order valence-corrected chi connectivity index (χ0v) is 12.9.